The lowest BCUT2D eigenvalue weighted by Crippen LogP contribution is -2.33. The highest BCUT2D eigenvalue weighted by Crippen LogP contribution is 1.91. The Balaban J connectivity index is 2.40. The molecule has 2 N–H and O–H groups in total. The van der Waals surface area contributed by atoms with E-state index in [1.54, 1.807) is 0 Å². The molecule has 0 saturated carbocycles. The van der Waals surface area contributed by atoms with Crippen molar-refractivity contribution in [3.8, 4) is 0 Å². The van der Waals surface area contributed by atoms with Crippen LogP contribution in [-0.2, 0) is 0 Å². The maximum absolute atomic E-state index is 3.02. The third-order valence-corrected chi connectivity index (χ3v) is 1.01. The molecule has 7 heavy (non-hydrogen) atoms. The van der Waals surface area contributed by atoms with Gasteiger partial charge < -0.3 is 5.43 Å². The van der Waals surface area contributed by atoms with Crippen LogP contribution in [0.5, 0.6) is 0 Å². The van der Waals surface area contributed by atoms with Crippen LogP contribution in [0, 0.1) is 0 Å². The van der Waals surface area contributed by atoms with E-state index in [0.29, 0.717) is 0 Å². The minimum Gasteiger partial charge on any atom is -0.326 e. The van der Waals surface area contributed by atoms with E-state index in [4.69, 9.17) is 0 Å². The average molecular weight is 98.1 g/mol. The van der Waals surface area contributed by atoms with Crippen molar-refractivity contribution in [2.45, 2.75) is 13.3 Å². The second-order valence-electron chi connectivity index (χ2n) is 1.73. The van der Waals surface area contributed by atoms with Gasteiger partial charge in [0.05, 0.1) is 0 Å². The number of hydrazine groups is 1. The van der Waals surface area contributed by atoms with Crippen LogP contribution in [0.3, 0.4) is 0 Å². The highest BCUT2D eigenvalue weighted by molar-refractivity contribution is 4.96. The molecule has 0 bridgehead atoms. The lowest BCUT2D eigenvalue weighted by atomic mass is 10.3. The predicted octanol–water partition coefficient (Wildman–Crippen LogP) is 0.388. The Morgan fingerprint density at radius 3 is 2.86 bits per heavy atom. The molecule has 0 atom stereocenters. The molecule has 0 saturated heterocycles. The molecule has 0 aromatic carbocycles. The molecule has 2 nitrogen and oxygen atoms in total. The molecule has 0 radical (unpaired) electrons. The highest BCUT2D eigenvalue weighted by Gasteiger charge is 1.91. The first-order chi connectivity index (χ1) is 3.39. The summed E-state index contributed by atoms with van der Waals surface area (Å²) in [6.07, 6.45) is 3.33. The monoisotopic (exact) mass is 98.1 g/mol. The van der Waals surface area contributed by atoms with Crippen LogP contribution >= 0.6 is 0 Å². The van der Waals surface area contributed by atoms with Gasteiger partial charge in [0.25, 0.3) is 0 Å². The van der Waals surface area contributed by atoms with Crippen LogP contribution in [-0.4, -0.2) is 6.54 Å². The van der Waals surface area contributed by atoms with Crippen LogP contribution in [0.1, 0.15) is 13.3 Å². The Bertz CT molecular complexity index is 86.1. The zero-order chi connectivity index (χ0) is 5.11. The molecular weight excluding hydrogens is 88.1 g/mol. The summed E-state index contributed by atoms with van der Waals surface area (Å²) in [6.45, 7) is 3.10. The Kier molecular flexibility index (Phi) is 1.32. The van der Waals surface area contributed by atoms with Crippen LogP contribution < -0.4 is 10.9 Å². The average Bonchev–Trinajstić information content (AvgIpc) is 1.69. The minimum atomic E-state index is 1.05. The van der Waals surface area contributed by atoms with E-state index in [2.05, 4.69) is 16.9 Å². The van der Waals surface area contributed by atoms with Crippen LogP contribution in [0.25, 0.3) is 0 Å². The van der Waals surface area contributed by atoms with E-state index in [-0.39, 0.29) is 0 Å². The van der Waals surface area contributed by atoms with E-state index >= 15 is 0 Å². The van der Waals surface area contributed by atoms with Gasteiger partial charge in [0.1, 0.15) is 0 Å². The van der Waals surface area contributed by atoms with Crippen molar-refractivity contribution in [3.63, 3.8) is 0 Å². The van der Waals surface area contributed by atoms with Crippen LogP contribution in [0.2, 0.25) is 0 Å². The van der Waals surface area contributed by atoms with E-state index in [0.717, 1.165) is 13.0 Å². The zero-order valence-electron chi connectivity index (χ0n) is 4.49. The van der Waals surface area contributed by atoms with Crippen molar-refractivity contribution < 1.29 is 0 Å². The van der Waals surface area contributed by atoms with Gasteiger partial charge in [0.2, 0.25) is 0 Å². The molecular formula is C5H10N2. The quantitative estimate of drug-likeness (QED) is 0.458. The first-order valence-electron chi connectivity index (χ1n) is 2.55. The summed E-state index contributed by atoms with van der Waals surface area (Å²) < 4.78 is 0. The number of rotatable bonds is 0. The van der Waals surface area contributed by atoms with Crippen LogP contribution in [0.15, 0.2) is 11.8 Å². The van der Waals surface area contributed by atoms with Crippen molar-refractivity contribution in [3.05, 3.63) is 11.8 Å². The largest absolute Gasteiger partial charge is 0.326 e. The molecule has 1 aliphatic rings. The smallest absolute Gasteiger partial charge is 0.0191 e. The van der Waals surface area contributed by atoms with Gasteiger partial charge in [-0.2, -0.15) is 0 Å². The molecule has 1 rings (SSSR count). The van der Waals surface area contributed by atoms with Crippen molar-refractivity contribution >= 4 is 0 Å². The molecule has 0 spiro atoms. The molecule has 0 aliphatic carbocycles. The van der Waals surface area contributed by atoms with Gasteiger partial charge >= 0.3 is 0 Å². The Morgan fingerprint density at radius 1 is 1.71 bits per heavy atom. The van der Waals surface area contributed by atoms with Crippen LogP contribution in [0.4, 0.5) is 0 Å². The van der Waals surface area contributed by atoms with Crippen molar-refractivity contribution in [1.29, 1.82) is 0 Å². The van der Waals surface area contributed by atoms with Gasteiger partial charge in [-0.25, -0.2) is 5.43 Å². The van der Waals surface area contributed by atoms with E-state index in [9.17, 15) is 0 Å². The number of hydrogen-bond donors (Lipinski definition) is 2. The first kappa shape index (κ1) is 4.65. The fourth-order valence-electron chi connectivity index (χ4n) is 0.614. The fraction of sp³-hybridized carbons (Fsp3) is 0.600. The second kappa shape index (κ2) is 1.98. The standard InChI is InChI=1S/C5H10N2/c1-5-3-2-4-6-7-5/h3,6-7H,2,4H2,1H3. The van der Waals surface area contributed by atoms with E-state index in [1.165, 1.54) is 5.70 Å². The number of hydrogen-bond acceptors (Lipinski definition) is 2. The predicted molar refractivity (Wildman–Crippen MR) is 29.5 cm³/mol. The molecule has 1 aliphatic heterocycles. The fourth-order valence-corrected chi connectivity index (χ4v) is 0.614. The Morgan fingerprint density at radius 2 is 2.57 bits per heavy atom. The maximum Gasteiger partial charge on any atom is 0.0191 e. The second-order valence-corrected chi connectivity index (χ2v) is 1.73. The van der Waals surface area contributed by atoms with Crippen molar-refractivity contribution in [2.24, 2.45) is 0 Å². The minimum absolute atomic E-state index is 1.05. The molecule has 0 aromatic rings. The third kappa shape index (κ3) is 1.20. The van der Waals surface area contributed by atoms with Gasteiger partial charge in [-0.3, -0.25) is 0 Å². The molecule has 2 heteroatoms. The topological polar surface area (TPSA) is 24.1 Å². The summed E-state index contributed by atoms with van der Waals surface area (Å²) in [6, 6.07) is 0. The molecule has 0 amide bonds. The third-order valence-electron chi connectivity index (χ3n) is 1.01. The first-order valence-corrected chi connectivity index (χ1v) is 2.55. The van der Waals surface area contributed by atoms with Crippen molar-refractivity contribution in [2.75, 3.05) is 6.54 Å². The van der Waals surface area contributed by atoms with Gasteiger partial charge in [-0.05, 0) is 13.3 Å². The summed E-state index contributed by atoms with van der Waals surface area (Å²) in [5.74, 6) is 0. The number of nitrogens with one attached hydrogen (secondary N) is 2. The zero-order valence-corrected chi connectivity index (χ0v) is 4.49. The van der Waals surface area contributed by atoms with E-state index in [1.807, 2.05) is 6.92 Å². The number of allylic oxidation sites excluding steroid dienone is 1. The van der Waals surface area contributed by atoms with Gasteiger partial charge in [-0.1, -0.05) is 6.08 Å². The maximum atomic E-state index is 3.02. The summed E-state index contributed by atoms with van der Waals surface area (Å²) in [4.78, 5) is 0. The Hall–Kier alpha value is -0.500. The molecule has 1 heterocycles. The molecule has 0 unspecified atom stereocenters. The van der Waals surface area contributed by atoms with Gasteiger partial charge in [-0.15, -0.1) is 0 Å². The van der Waals surface area contributed by atoms with Crippen molar-refractivity contribution in [1.82, 2.24) is 10.9 Å². The lowest BCUT2D eigenvalue weighted by Gasteiger charge is -2.11. The Labute approximate surface area is 43.6 Å². The molecule has 0 fully saturated rings. The van der Waals surface area contributed by atoms with Gasteiger partial charge in [0.15, 0.2) is 0 Å². The van der Waals surface area contributed by atoms with Gasteiger partial charge in [0, 0.05) is 12.2 Å². The summed E-state index contributed by atoms with van der Waals surface area (Å²) in [7, 11) is 0. The molecule has 40 valence electrons. The van der Waals surface area contributed by atoms with E-state index < -0.39 is 0 Å². The lowest BCUT2D eigenvalue weighted by molar-refractivity contribution is 0.574. The normalized spacial score (nSPS) is 20.4. The highest BCUT2D eigenvalue weighted by atomic mass is 15.4. The molecule has 0 aromatic heterocycles. The summed E-state index contributed by atoms with van der Waals surface area (Å²) in [5.41, 5.74) is 7.24. The summed E-state index contributed by atoms with van der Waals surface area (Å²) >= 11 is 0. The summed E-state index contributed by atoms with van der Waals surface area (Å²) in [5, 5.41) is 0. The SMILES string of the molecule is CC1=CCCNN1.